The molecule has 3 rings (SSSR count). The predicted molar refractivity (Wildman–Crippen MR) is 134 cm³/mol. The highest BCUT2D eigenvalue weighted by Crippen LogP contribution is 2.23. The van der Waals surface area contributed by atoms with E-state index in [4.69, 9.17) is 11.6 Å². The van der Waals surface area contributed by atoms with Gasteiger partial charge in [0.2, 0.25) is 5.91 Å². The number of benzene rings is 2. The highest BCUT2D eigenvalue weighted by atomic mass is 127. The molecule has 1 aliphatic rings. The second kappa shape index (κ2) is 12.2. The van der Waals surface area contributed by atoms with E-state index in [0.717, 1.165) is 42.6 Å². The van der Waals surface area contributed by atoms with Crippen molar-refractivity contribution in [2.75, 3.05) is 13.1 Å². The maximum absolute atomic E-state index is 12.5. The number of halogens is 2. The Morgan fingerprint density at radius 3 is 2.40 bits per heavy atom. The third-order valence-corrected chi connectivity index (χ3v) is 5.43. The maximum Gasteiger partial charge on any atom is 0.223 e. The second-order valence-electron chi connectivity index (χ2n) is 7.27. The van der Waals surface area contributed by atoms with Crippen LogP contribution in [0.4, 0.5) is 0 Å². The van der Waals surface area contributed by atoms with Crippen molar-refractivity contribution < 1.29 is 4.79 Å². The number of amides is 1. The molecule has 0 bridgehead atoms. The van der Waals surface area contributed by atoms with E-state index in [9.17, 15) is 4.79 Å². The van der Waals surface area contributed by atoms with Gasteiger partial charge in [-0.25, -0.2) is 0 Å². The van der Waals surface area contributed by atoms with Crippen LogP contribution in [0.3, 0.4) is 0 Å². The van der Waals surface area contributed by atoms with Gasteiger partial charge >= 0.3 is 0 Å². The first kappa shape index (κ1) is 24.5. The van der Waals surface area contributed by atoms with E-state index in [1.54, 1.807) is 0 Å². The van der Waals surface area contributed by atoms with Crippen LogP contribution in [0.25, 0.3) is 0 Å². The van der Waals surface area contributed by atoms with Gasteiger partial charge in [0.05, 0.1) is 6.04 Å². The molecule has 0 saturated heterocycles. The number of nitrogens with one attached hydrogen (secondary N) is 2. The lowest BCUT2D eigenvalue weighted by Gasteiger charge is -2.19. The Morgan fingerprint density at radius 1 is 1.13 bits per heavy atom. The Balaban J connectivity index is 0.00000320. The summed E-state index contributed by atoms with van der Waals surface area (Å²) in [4.78, 5) is 19.1. The zero-order valence-electron chi connectivity index (χ0n) is 17.5. The molecule has 0 aliphatic carbocycles. The Bertz CT molecular complexity index is 849. The van der Waals surface area contributed by atoms with E-state index in [-0.39, 0.29) is 35.9 Å². The van der Waals surface area contributed by atoms with Gasteiger partial charge in [0.1, 0.15) is 0 Å². The highest BCUT2D eigenvalue weighted by Gasteiger charge is 2.22. The lowest BCUT2D eigenvalue weighted by atomic mass is 10.1. The van der Waals surface area contributed by atoms with Crippen LogP contribution in [-0.2, 0) is 17.9 Å². The van der Waals surface area contributed by atoms with Crippen molar-refractivity contribution in [1.82, 2.24) is 15.5 Å². The molecule has 0 radical (unpaired) electrons. The fourth-order valence-corrected chi connectivity index (χ4v) is 3.82. The van der Waals surface area contributed by atoms with Crippen LogP contribution in [0.5, 0.6) is 0 Å². The number of guanidine groups is 1. The number of fused-ring (bicyclic) bond motifs is 1. The summed E-state index contributed by atoms with van der Waals surface area (Å²) >= 11 is 6.29. The Kier molecular flexibility index (Phi) is 9.91. The van der Waals surface area contributed by atoms with Crippen LogP contribution >= 0.6 is 35.6 Å². The van der Waals surface area contributed by atoms with Gasteiger partial charge in [-0.05, 0) is 43.0 Å². The monoisotopic (exact) mass is 540 g/mol. The molecule has 0 aromatic heterocycles. The first-order valence-electron chi connectivity index (χ1n) is 10.2. The minimum absolute atomic E-state index is 0. The molecule has 2 aromatic carbocycles. The predicted octanol–water partition coefficient (Wildman–Crippen LogP) is 4.90. The summed E-state index contributed by atoms with van der Waals surface area (Å²) in [6.45, 7) is 6.90. The van der Waals surface area contributed by atoms with E-state index in [0.29, 0.717) is 13.0 Å². The Labute approximate surface area is 201 Å². The summed E-state index contributed by atoms with van der Waals surface area (Å²) in [5, 5.41) is 7.38. The van der Waals surface area contributed by atoms with Crippen molar-refractivity contribution in [3.05, 3.63) is 70.2 Å². The molecule has 1 aliphatic heterocycles. The summed E-state index contributed by atoms with van der Waals surface area (Å²) in [5.74, 6) is 0.930. The SMILES string of the molecule is CCNC(=NCCCC(=O)N1Cc2ccccc2C1)NC(C)c1ccccc1Cl.I. The molecule has 2 aromatic rings. The molecule has 162 valence electrons. The number of hydrogen-bond donors (Lipinski definition) is 2. The van der Waals surface area contributed by atoms with E-state index < -0.39 is 0 Å². The second-order valence-corrected chi connectivity index (χ2v) is 7.68. The van der Waals surface area contributed by atoms with Gasteiger partial charge in [0.25, 0.3) is 0 Å². The van der Waals surface area contributed by atoms with Gasteiger partial charge in [0.15, 0.2) is 5.96 Å². The number of nitrogens with zero attached hydrogens (tertiary/aromatic N) is 2. The molecule has 1 atom stereocenters. The van der Waals surface area contributed by atoms with E-state index in [2.05, 4.69) is 34.7 Å². The maximum atomic E-state index is 12.5. The fourth-order valence-electron chi connectivity index (χ4n) is 3.52. The summed E-state index contributed by atoms with van der Waals surface area (Å²) in [6.07, 6.45) is 1.24. The molecule has 0 fully saturated rings. The molecular formula is C23H30ClIN4O. The Hall–Kier alpha value is -1.80. The van der Waals surface area contributed by atoms with Crippen LogP contribution < -0.4 is 10.6 Å². The van der Waals surface area contributed by atoms with Gasteiger partial charge in [-0.2, -0.15) is 0 Å². The molecule has 0 saturated carbocycles. The number of aliphatic imine (C=N–C) groups is 1. The normalized spacial score (nSPS) is 14.0. The van der Waals surface area contributed by atoms with Crippen LogP contribution in [0.1, 0.15) is 49.4 Å². The number of rotatable bonds is 7. The van der Waals surface area contributed by atoms with Crippen molar-refractivity contribution in [2.45, 2.75) is 45.8 Å². The number of carbonyl (C=O) groups excluding carboxylic acids is 1. The van der Waals surface area contributed by atoms with E-state index >= 15 is 0 Å². The third kappa shape index (κ3) is 6.60. The van der Waals surface area contributed by atoms with Gasteiger partial charge in [-0.3, -0.25) is 9.79 Å². The molecule has 2 N–H and O–H groups in total. The number of carbonyl (C=O) groups is 1. The average molecular weight is 541 g/mol. The molecule has 30 heavy (non-hydrogen) atoms. The van der Waals surface area contributed by atoms with Crippen LogP contribution in [-0.4, -0.2) is 29.9 Å². The molecule has 1 unspecified atom stereocenters. The summed E-state index contributed by atoms with van der Waals surface area (Å²) < 4.78 is 0. The van der Waals surface area contributed by atoms with Crippen LogP contribution in [0.15, 0.2) is 53.5 Å². The lowest BCUT2D eigenvalue weighted by Crippen LogP contribution is -2.39. The lowest BCUT2D eigenvalue weighted by molar-refractivity contribution is -0.131. The van der Waals surface area contributed by atoms with Gasteiger partial charge in [-0.15, -0.1) is 24.0 Å². The Morgan fingerprint density at radius 2 is 1.77 bits per heavy atom. The summed E-state index contributed by atoms with van der Waals surface area (Å²) in [7, 11) is 0. The zero-order valence-corrected chi connectivity index (χ0v) is 20.6. The quantitative estimate of drug-likeness (QED) is 0.227. The first-order chi connectivity index (χ1) is 14.1. The van der Waals surface area contributed by atoms with Gasteiger partial charge in [0, 0.05) is 37.6 Å². The fraction of sp³-hybridized carbons (Fsp3) is 0.391. The van der Waals surface area contributed by atoms with Crippen molar-refractivity contribution in [1.29, 1.82) is 0 Å². The van der Waals surface area contributed by atoms with Crippen molar-refractivity contribution >= 4 is 47.4 Å². The highest BCUT2D eigenvalue weighted by molar-refractivity contribution is 14.0. The molecular weight excluding hydrogens is 511 g/mol. The standard InChI is InChI=1S/C23H29ClN4O.HI/c1-3-25-23(27-17(2)20-11-6-7-12-21(20)24)26-14-8-13-22(29)28-15-18-9-4-5-10-19(18)16-28;/h4-7,9-12,17H,3,8,13-16H2,1-2H3,(H2,25,26,27);1H. The van der Waals surface area contributed by atoms with Crippen LogP contribution in [0, 0.1) is 0 Å². The van der Waals surface area contributed by atoms with E-state index in [1.807, 2.05) is 48.2 Å². The third-order valence-electron chi connectivity index (χ3n) is 5.08. The van der Waals surface area contributed by atoms with Gasteiger partial charge < -0.3 is 15.5 Å². The zero-order chi connectivity index (χ0) is 20.6. The van der Waals surface area contributed by atoms with Crippen molar-refractivity contribution in [2.24, 2.45) is 4.99 Å². The topological polar surface area (TPSA) is 56.7 Å². The molecule has 5 nitrogen and oxygen atoms in total. The van der Waals surface area contributed by atoms with Gasteiger partial charge in [-0.1, -0.05) is 54.1 Å². The molecule has 0 spiro atoms. The van der Waals surface area contributed by atoms with Crippen molar-refractivity contribution in [3.63, 3.8) is 0 Å². The first-order valence-corrected chi connectivity index (χ1v) is 10.6. The minimum atomic E-state index is 0. The minimum Gasteiger partial charge on any atom is -0.357 e. The number of hydrogen-bond acceptors (Lipinski definition) is 2. The van der Waals surface area contributed by atoms with E-state index in [1.165, 1.54) is 11.1 Å². The average Bonchev–Trinajstić information content (AvgIpc) is 3.16. The molecule has 1 heterocycles. The van der Waals surface area contributed by atoms with Crippen LogP contribution in [0.2, 0.25) is 5.02 Å². The largest absolute Gasteiger partial charge is 0.357 e. The summed E-state index contributed by atoms with van der Waals surface area (Å²) in [5.41, 5.74) is 3.54. The molecule has 1 amide bonds. The smallest absolute Gasteiger partial charge is 0.223 e. The summed E-state index contributed by atoms with van der Waals surface area (Å²) in [6, 6.07) is 16.1. The molecule has 7 heteroatoms. The van der Waals surface area contributed by atoms with Crippen molar-refractivity contribution in [3.8, 4) is 0 Å².